The molecule has 1 fully saturated rings. The van der Waals surface area contributed by atoms with Crippen molar-refractivity contribution in [2.45, 2.75) is 23.8 Å². The number of methoxy groups -OCH3 is 1. The van der Waals surface area contributed by atoms with Crippen molar-refractivity contribution in [3.05, 3.63) is 18.2 Å². The molecule has 2 rings (SSSR count). The van der Waals surface area contributed by atoms with Crippen molar-refractivity contribution in [1.29, 1.82) is 0 Å². The highest BCUT2D eigenvalue weighted by molar-refractivity contribution is 7.89. The number of anilines is 1. The Labute approximate surface area is 121 Å². The number of rotatable bonds is 4. The van der Waals surface area contributed by atoms with Gasteiger partial charge >= 0.3 is 0 Å². The molecule has 112 valence electrons. The van der Waals surface area contributed by atoms with Gasteiger partial charge < -0.3 is 10.5 Å². The zero-order valence-electron chi connectivity index (χ0n) is 11.2. The molecule has 1 aliphatic heterocycles. The Morgan fingerprint density at radius 3 is 2.60 bits per heavy atom. The van der Waals surface area contributed by atoms with Crippen molar-refractivity contribution in [1.82, 2.24) is 4.72 Å². The van der Waals surface area contributed by atoms with Gasteiger partial charge in [0.05, 0.1) is 7.11 Å². The Morgan fingerprint density at radius 2 is 2.00 bits per heavy atom. The number of benzene rings is 1. The first-order valence-corrected chi connectivity index (χ1v) is 9.20. The van der Waals surface area contributed by atoms with Crippen LogP contribution in [0.4, 0.5) is 5.69 Å². The fourth-order valence-electron chi connectivity index (χ4n) is 2.10. The van der Waals surface area contributed by atoms with Gasteiger partial charge in [0.25, 0.3) is 0 Å². The van der Waals surface area contributed by atoms with Gasteiger partial charge in [-0.2, -0.15) is 0 Å². The molecule has 0 aromatic heterocycles. The first kappa shape index (κ1) is 15.3. The second kappa shape index (κ2) is 6.11. The van der Waals surface area contributed by atoms with Crippen LogP contribution in [0.25, 0.3) is 0 Å². The molecule has 0 aliphatic carbocycles. The quantitative estimate of drug-likeness (QED) is 0.786. The molecule has 1 saturated heterocycles. The molecule has 3 N–H and O–H groups in total. The average Bonchev–Trinajstić information content (AvgIpc) is 2.40. The van der Waals surface area contributed by atoms with Gasteiger partial charge in [-0.25, -0.2) is 13.1 Å². The fourth-order valence-corrected chi connectivity index (χ4v) is 4.86. The van der Waals surface area contributed by atoms with Crippen LogP contribution in [-0.2, 0) is 20.8 Å². The SMILES string of the molecule is COc1cc(N)ccc1S(=O)(=O)NC1CCS(=O)CC1. The molecule has 1 aliphatic rings. The van der Waals surface area contributed by atoms with E-state index >= 15 is 0 Å². The number of nitrogens with two attached hydrogens (primary N) is 1. The van der Waals surface area contributed by atoms with Gasteiger partial charge in [-0.15, -0.1) is 0 Å². The summed E-state index contributed by atoms with van der Waals surface area (Å²) in [6, 6.07) is 4.24. The summed E-state index contributed by atoms with van der Waals surface area (Å²) in [6.07, 6.45) is 1.17. The van der Waals surface area contributed by atoms with Crippen LogP contribution >= 0.6 is 0 Å². The summed E-state index contributed by atoms with van der Waals surface area (Å²) in [6.45, 7) is 0. The highest BCUT2D eigenvalue weighted by Crippen LogP contribution is 2.26. The molecule has 0 amide bonds. The number of hydrogen-bond donors (Lipinski definition) is 2. The van der Waals surface area contributed by atoms with Crippen molar-refractivity contribution in [3.8, 4) is 5.75 Å². The molecule has 0 radical (unpaired) electrons. The molecule has 1 heterocycles. The molecular weight excluding hydrogens is 300 g/mol. The molecular formula is C12H18N2O4S2. The lowest BCUT2D eigenvalue weighted by Crippen LogP contribution is -2.39. The molecule has 0 bridgehead atoms. The van der Waals surface area contributed by atoms with Crippen molar-refractivity contribution in [2.75, 3.05) is 24.3 Å². The van der Waals surface area contributed by atoms with E-state index in [1.165, 1.54) is 25.3 Å². The Hall–Kier alpha value is -1.12. The summed E-state index contributed by atoms with van der Waals surface area (Å²) in [7, 11) is -3.08. The fraction of sp³-hybridized carbons (Fsp3) is 0.500. The van der Waals surface area contributed by atoms with Gasteiger partial charge in [0.2, 0.25) is 10.0 Å². The topological polar surface area (TPSA) is 98.5 Å². The summed E-state index contributed by atoms with van der Waals surface area (Å²) < 4.78 is 43.7. The lowest BCUT2D eigenvalue weighted by atomic mass is 10.2. The molecule has 8 heteroatoms. The van der Waals surface area contributed by atoms with Crippen LogP contribution < -0.4 is 15.2 Å². The van der Waals surface area contributed by atoms with Gasteiger partial charge in [-0.1, -0.05) is 0 Å². The van der Waals surface area contributed by atoms with Gasteiger partial charge in [0.1, 0.15) is 10.6 Å². The summed E-state index contributed by atoms with van der Waals surface area (Å²) >= 11 is 0. The first-order valence-electron chi connectivity index (χ1n) is 6.23. The Bertz CT molecular complexity index is 606. The third kappa shape index (κ3) is 3.50. The van der Waals surface area contributed by atoms with E-state index in [2.05, 4.69) is 4.72 Å². The van der Waals surface area contributed by atoms with E-state index in [1.54, 1.807) is 0 Å². The zero-order valence-corrected chi connectivity index (χ0v) is 12.8. The summed E-state index contributed by atoms with van der Waals surface area (Å²) in [5.41, 5.74) is 6.06. The van der Waals surface area contributed by atoms with E-state index in [-0.39, 0.29) is 16.7 Å². The Morgan fingerprint density at radius 1 is 1.35 bits per heavy atom. The van der Waals surface area contributed by atoms with Gasteiger partial charge in [0, 0.05) is 40.1 Å². The summed E-state index contributed by atoms with van der Waals surface area (Å²) in [5.74, 6) is 1.29. The van der Waals surface area contributed by atoms with E-state index in [1.807, 2.05) is 0 Å². The Balaban J connectivity index is 2.20. The number of hydrogen-bond acceptors (Lipinski definition) is 5. The number of nitrogen functional groups attached to an aromatic ring is 1. The highest BCUT2D eigenvalue weighted by atomic mass is 32.2. The van der Waals surface area contributed by atoms with E-state index in [9.17, 15) is 12.6 Å². The maximum Gasteiger partial charge on any atom is 0.244 e. The molecule has 20 heavy (non-hydrogen) atoms. The molecule has 1 aromatic carbocycles. The molecule has 0 saturated carbocycles. The lowest BCUT2D eigenvalue weighted by Gasteiger charge is -2.22. The minimum Gasteiger partial charge on any atom is -0.495 e. The van der Waals surface area contributed by atoms with Gasteiger partial charge in [-0.3, -0.25) is 4.21 Å². The minimum absolute atomic E-state index is 0.0703. The van der Waals surface area contributed by atoms with Crippen molar-refractivity contribution >= 4 is 26.5 Å². The van der Waals surface area contributed by atoms with Crippen LogP contribution in [0.15, 0.2) is 23.1 Å². The third-order valence-corrected chi connectivity index (χ3v) is 6.13. The molecule has 0 atom stereocenters. The maximum absolute atomic E-state index is 12.4. The predicted octanol–water partition coefficient (Wildman–Crippen LogP) is 0.467. The van der Waals surface area contributed by atoms with E-state index in [0.29, 0.717) is 30.0 Å². The summed E-state index contributed by atoms with van der Waals surface area (Å²) in [5, 5.41) is 0. The molecule has 6 nitrogen and oxygen atoms in total. The Kier molecular flexibility index (Phi) is 4.66. The summed E-state index contributed by atoms with van der Waals surface area (Å²) in [4.78, 5) is 0.0703. The van der Waals surface area contributed by atoms with Crippen molar-refractivity contribution < 1.29 is 17.4 Å². The second-order valence-electron chi connectivity index (χ2n) is 4.65. The minimum atomic E-state index is -3.67. The largest absolute Gasteiger partial charge is 0.495 e. The molecule has 1 aromatic rings. The molecule has 0 spiro atoms. The lowest BCUT2D eigenvalue weighted by molar-refractivity contribution is 0.402. The third-order valence-electron chi connectivity index (χ3n) is 3.19. The highest BCUT2D eigenvalue weighted by Gasteiger charge is 2.26. The zero-order chi connectivity index (χ0) is 14.8. The van der Waals surface area contributed by atoms with Crippen molar-refractivity contribution in [3.63, 3.8) is 0 Å². The van der Waals surface area contributed by atoms with Gasteiger partial charge in [-0.05, 0) is 25.0 Å². The van der Waals surface area contributed by atoms with E-state index < -0.39 is 20.8 Å². The van der Waals surface area contributed by atoms with Crippen molar-refractivity contribution in [2.24, 2.45) is 0 Å². The van der Waals surface area contributed by atoms with Crippen LogP contribution in [0.1, 0.15) is 12.8 Å². The average molecular weight is 318 g/mol. The van der Waals surface area contributed by atoms with Crippen LogP contribution in [0.3, 0.4) is 0 Å². The number of ether oxygens (including phenoxy) is 1. The first-order chi connectivity index (χ1) is 9.42. The maximum atomic E-state index is 12.4. The second-order valence-corrected chi connectivity index (χ2v) is 8.03. The monoisotopic (exact) mass is 318 g/mol. The normalized spacial score (nSPS) is 23.4. The van der Waals surface area contributed by atoms with E-state index in [0.717, 1.165) is 0 Å². The van der Waals surface area contributed by atoms with Crippen LogP contribution in [0, 0.1) is 0 Å². The standard InChI is InChI=1S/C12H18N2O4S2/c1-18-11-8-9(13)2-3-12(11)20(16,17)14-10-4-6-19(15)7-5-10/h2-3,8,10,14H,4-7,13H2,1H3. The number of sulfonamides is 1. The van der Waals surface area contributed by atoms with Gasteiger partial charge in [0.15, 0.2) is 0 Å². The smallest absolute Gasteiger partial charge is 0.244 e. The number of nitrogens with one attached hydrogen (secondary N) is 1. The predicted molar refractivity (Wildman–Crippen MR) is 78.6 cm³/mol. The van der Waals surface area contributed by atoms with Crippen LogP contribution in [0.5, 0.6) is 5.75 Å². The van der Waals surface area contributed by atoms with Crippen LogP contribution in [-0.4, -0.2) is 37.3 Å². The van der Waals surface area contributed by atoms with E-state index in [4.69, 9.17) is 10.5 Å². The van der Waals surface area contributed by atoms with Crippen LogP contribution in [0.2, 0.25) is 0 Å². The molecule has 0 unspecified atom stereocenters.